The number of aliphatic carboxylic acids is 1. The van der Waals surface area contributed by atoms with Crippen molar-refractivity contribution in [2.24, 2.45) is 0 Å². The number of benzene rings is 1. The highest BCUT2D eigenvalue weighted by Crippen LogP contribution is 2.22. The Morgan fingerprint density at radius 1 is 1.38 bits per heavy atom. The number of Topliss-reactive ketones (excluding diaryl/α,β-unsaturated/α-hetero) is 1. The van der Waals surface area contributed by atoms with E-state index in [0.717, 1.165) is 0 Å². The van der Waals surface area contributed by atoms with Crippen LogP contribution in [0, 0.1) is 0 Å². The van der Waals surface area contributed by atoms with Gasteiger partial charge in [-0.2, -0.15) is 0 Å². The van der Waals surface area contributed by atoms with E-state index in [1.165, 1.54) is 18.2 Å². The van der Waals surface area contributed by atoms with E-state index in [1.54, 1.807) is 0 Å². The fourth-order valence-electron chi connectivity index (χ4n) is 0.850. The smallest absolute Gasteiger partial charge is 0.377 e. The first-order chi connectivity index (χ1) is 6.04. The predicted octanol–water partition coefficient (Wildman–Crippen LogP) is 1.19. The average molecular weight is 200 g/mol. The van der Waals surface area contributed by atoms with Crippen LogP contribution < -0.4 is 5.73 Å². The molecule has 0 atom stereocenters. The molecule has 0 saturated heterocycles. The predicted molar refractivity (Wildman–Crippen MR) is 47.8 cm³/mol. The van der Waals surface area contributed by atoms with Crippen LogP contribution in [0.4, 0.5) is 5.69 Å². The van der Waals surface area contributed by atoms with Gasteiger partial charge in [0.15, 0.2) is 0 Å². The summed E-state index contributed by atoms with van der Waals surface area (Å²) in [5, 5.41) is 8.58. The van der Waals surface area contributed by atoms with Gasteiger partial charge in [0.1, 0.15) is 0 Å². The van der Waals surface area contributed by atoms with Crippen molar-refractivity contribution in [3.05, 3.63) is 28.8 Å². The molecule has 0 aromatic heterocycles. The Hall–Kier alpha value is -1.55. The molecule has 0 radical (unpaired) electrons. The minimum absolute atomic E-state index is 0.00318. The van der Waals surface area contributed by atoms with E-state index >= 15 is 0 Å². The van der Waals surface area contributed by atoms with Crippen molar-refractivity contribution in [2.75, 3.05) is 5.73 Å². The van der Waals surface area contributed by atoms with Crippen LogP contribution in [-0.4, -0.2) is 16.9 Å². The first-order valence-electron chi connectivity index (χ1n) is 3.35. The lowest BCUT2D eigenvalue weighted by atomic mass is 10.1. The fourth-order valence-corrected chi connectivity index (χ4v) is 1.02. The molecule has 0 fully saturated rings. The molecule has 0 aliphatic heterocycles. The average Bonchev–Trinajstić information content (AvgIpc) is 2.08. The van der Waals surface area contributed by atoms with E-state index in [4.69, 9.17) is 22.4 Å². The number of ketones is 1. The van der Waals surface area contributed by atoms with Gasteiger partial charge < -0.3 is 10.8 Å². The van der Waals surface area contributed by atoms with Gasteiger partial charge in [-0.1, -0.05) is 17.7 Å². The summed E-state index contributed by atoms with van der Waals surface area (Å²) in [5.74, 6) is -2.60. The van der Waals surface area contributed by atoms with Gasteiger partial charge >= 0.3 is 5.97 Å². The number of carboxylic acid groups (broad SMARTS) is 1. The van der Waals surface area contributed by atoms with E-state index in [0.29, 0.717) is 0 Å². The maximum absolute atomic E-state index is 11.0. The van der Waals surface area contributed by atoms with Gasteiger partial charge in [0.25, 0.3) is 5.78 Å². The van der Waals surface area contributed by atoms with E-state index < -0.39 is 11.8 Å². The highest BCUT2D eigenvalue weighted by Gasteiger charge is 2.18. The Kier molecular flexibility index (Phi) is 2.53. The molecule has 68 valence electrons. The minimum Gasteiger partial charge on any atom is -0.475 e. The standard InChI is InChI=1S/C8H6ClNO3/c9-5-3-1-2-4(6(5)10)7(11)8(12)13/h1-3H,10H2,(H,12,13). The number of carbonyl (C=O) groups excluding carboxylic acids is 1. The molecule has 0 saturated carbocycles. The molecule has 0 aliphatic carbocycles. The van der Waals surface area contributed by atoms with Crippen LogP contribution in [0.25, 0.3) is 0 Å². The first-order valence-corrected chi connectivity index (χ1v) is 3.73. The molecule has 3 N–H and O–H groups in total. The second-order valence-corrected chi connectivity index (χ2v) is 2.74. The van der Waals surface area contributed by atoms with Crippen LogP contribution in [0.15, 0.2) is 18.2 Å². The first kappa shape index (κ1) is 9.54. The zero-order valence-corrected chi connectivity index (χ0v) is 7.21. The summed E-state index contributed by atoms with van der Waals surface area (Å²) < 4.78 is 0. The lowest BCUT2D eigenvalue weighted by Gasteiger charge is -2.02. The van der Waals surface area contributed by atoms with Gasteiger partial charge in [-0.15, -0.1) is 0 Å². The SMILES string of the molecule is Nc1c(Cl)cccc1C(=O)C(=O)O. The number of nitrogen functional groups attached to an aromatic ring is 1. The number of carbonyl (C=O) groups is 2. The number of nitrogens with two attached hydrogens (primary N) is 1. The number of carboxylic acids is 1. The zero-order chi connectivity index (χ0) is 10.0. The maximum Gasteiger partial charge on any atom is 0.377 e. The van der Waals surface area contributed by atoms with Crippen molar-refractivity contribution < 1.29 is 14.7 Å². The van der Waals surface area contributed by atoms with E-state index in [1.807, 2.05) is 0 Å². The molecule has 0 amide bonds. The van der Waals surface area contributed by atoms with Gasteiger partial charge in [0.2, 0.25) is 0 Å². The molecule has 0 unspecified atom stereocenters. The molecule has 0 spiro atoms. The number of anilines is 1. The molecule has 4 nitrogen and oxygen atoms in total. The molecule has 0 bridgehead atoms. The Morgan fingerprint density at radius 2 is 2.00 bits per heavy atom. The lowest BCUT2D eigenvalue weighted by Crippen LogP contribution is -2.14. The zero-order valence-electron chi connectivity index (χ0n) is 6.45. The summed E-state index contributed by atoms with van der Waals surface area (Å²) in [6.07, 6.45) is 0. The number of halogens is 1. The van der Waals surface area contributed by atoms with Crippen LogP contribution in [0.5, 0.6) is 0 Å². The summed E-state index contributed by atoms with van der Waals surface area (Å²) in [6.45, 7) is 0. The largest absolute Gasteiger partial charge is 0.475 e. The van der Waals surface area contributed by atoms with E-state index in [2.05, 4.69) is 0 Å². The van der Waals surface area contributed by atoms with Crippen LogP contribution in [-0.2, 0) is 4.79 Å². The summed E-state index contributed by atoms with van der Waals surface area (Å²) in [4.78, 5) is 21.3. The van der Waals surface area contributed by atoms with Gasteiger partial charge in [-0.05, 0) is 12.1 Å². The minimum atomic E-state index is -1.55. The van der Waals surface area contributed by atoms with Crippen LogP contribution in [0.3, 0.4) is 0 Å². The van der Waals surface area contributed by atoms with E-state index in [-0.39, 0.29) is 16.3 Å². The Morgan fingerprint density at radius 3 is 2.54 bits per heavy atom. The summed E-state index contributed by atoms with van der Waals surface area (Å²) in [7, 11) is 0. The van der Waals surface area contributed by atoms with Crippen molar-refractivity contribution in [2.45, 2.75) is 0 Å². The molecular weight excluding hydrogens is 194 g/mol. The van der Waals surface area contributed by atoms with Crippen molar-refractivity contribution in [3.63, 3.8) is 0 Å². The topological polar surface area (TPSA) is 80.4 Å². The van der Waals surface area contributed by atoms with Crippen LogP contribution in [0.1, 0.15) is 10.4 Å². The monoisotopic (exact) mass is 199 g/mol. The molecular formula is C8H6ClNO3. The highest BCUT2D eigenvalue weighted by molar-refractivity contribution is 6.42. The van der Waals surface area contributed by atoms with Crippen molar-refractivity contribution in [3.8, 4) is 0 Å². The van der Waals surface area contributed by atoms with Crippen LogP contribution in [0.2, 0.25) is 5.02 Å². The van der Waals surface area contributed by atoms with Gasteiger partial charge in [-0.3, -0.25) is 4.79 Å². The third-order valence-electron chi connectivity index (χ3n) is 1.49. The van der Waals surface area contributed by atoms with Crippen molar-refractivity contribution in [1.82, 2.24) is 0 Å². The quantitative estimate of drug-likeness (QED) is 0.426. The third-order valence-corrected chi connectivity index (χ3v) is 1.82. The third kappa shape index (κ3) is 1.78. The Balaban J connectivity index is 3.23. The van der Waals surface area contributed by atoms with Crippen molar-refractivity contribution >= 4 is 29.0 Å². The molecule has 5 heteroatoms. The summed E-state index contributed by atoms with van der Waals surface area (Å²) in [6, 6.07) is 4.27. The fraction of sp³-hybridized carbons (Fsp3) is 0. The second kappa shape index (κ2) is 3.45. The van der Waals surface area contributed by atoms with Crippen LogP contribution >= 0.6 is 11.6 Å². The molecule has 1 rings (SSSR count). The number of hydrogen-bond donors (Lipinski definition) is 2. The van der Waals surface area contributed by atoms with Crippen molar-refractivity contribution in [1.29, 1.82) is 0 Å². The molecule has 1 aromatic carbocycles. The Bertz CT molecular complexity index is 376. The van der Waals surface area contributed by atoms with Gasteiger partial charge in [0, 0.05) is 0 Å². The molecule has 0 aliphatic rings. The van der Waals surface area contributed by atoms with Gasteiger partial charge in [0.05, 0.1) is 16.3 Å². The molecule has 13 heavy (non-hydrogen) atoms. The Labute approximate surface area is 78.9 Å². The number of hydrogen-bond acceptors (Lipinski definition) is 3. The summed E-state index contributed by atoms with van der Waals surface area (Å²) >= 11 is 5.59. The second-order valence-electron chi connectivity index (χ2n) is 2.34. The molecule has 0 heterocycles. The van der Waals surface area contributed by atoms with Gasteiger partial charge in [-0.25, -0.2) is 4.79 Å². The number of para-hydroxylation sites is 1. The van der Waals surface area contributed by atoms with E-state index in [9.17, 15) is 9.59 Å². The summed E-state index contributed by atoms with van der Waals surface area (Å²) in [5.41, 5.74) is 5.32. The lowest BCUT2D eigenvalue weighted by molar-refractivity contribution is -0.131. The highest BCUT2D eigenvalue weighted by atomic mass is 35.5. The molecule has 1 aromatic rings. The number of rotatable bonds is 2. The normalized spacial score (nSPS) is 9.62. The maximum atomic E-state index is 11.0.